The monoisotopic (exact) mass is 305 g/mol. The van der Waals surface area contributed by atoms with Crippen LogP contribution in [0.4, 0.5) is 0 Å². The van der Waals surface area contributed by atoms with Crippen molar-refractivity contribution in [1.82, 2.24) is 4.90 Å². The number of hydrogen-bond acceptors (Lipinski definition) is 3. The lowest BCUT2D eigenvalue weighted by molar-refractivity contribution is 0.00884. The van der Waals surface area contributed by atoms with E-state index in [9.17, 15) is 10.2 Å². The first-order valence-electron chi connectivity index (χ1n) is 6.04. The number of rotatable bonds is 5. The Hall–Kier alpha value is -0.200. The van der Waals surface area contributed by atoms with Gasteiger partial charge in [-0.05, 0) is 33.4 Å². The van der Waals surface area contributed by atoms with Gasteiger partial charge in [-0.2, -0.15) is 27.0 Å². The van der Waals surface area contributed by atoms with E-state index in [0.717, 1.165) is 5.56 Å². The Morgan fingerprint density at radius 1 is 1.11 bits per heavy atom. The van der Waals surface area contributed by atoms with Crippen molar-refractivity contribution in [2.24, 2.45) is 0 Å². The SMILES string of the molecule is Cc1ccc(C([C@H](O)CO)N(C)C(C)C)cc1.S.S. The van der Waals surface area contributed by atoms with E-state index < -0.39 is 6.10 Å². The molecule has 1 rings (SSSR count). The summed E-state index contributed by atoms with van der Waals surface area (Å²) in [6.07, 6.45) is -0.759. The Kier molecular flexibility index (Phi) is 10.7. The fraction of sp³-hybridized carbons (Fsp3) is 0.571. The maximum atomic E-state index is 9.97. The molecule has 112 valence electrons. The van der Waals surface area contributed by atoms with E-state index in [-0.39, 0.29) is 39.6 Å². The van der Waals surface area contributed by atoms with Crippen LogP contribution in [0.2, 0.25) is 0 Å². The van der Waals surface area contributed by atoms with Crippen molar-refractivity contribution < 1.29 is 10.2 Å². The number of aryl methyl sites for hydroxylation is 1. The molecule has 0 fully saturated rings. The average Bonchev–Trinajstić information content (AvgIpc) is 2.31. The fourth-order valence-corrected chi connectivity index (χ4v) is 1.91. The van der Waals surface area contributed by atoms with Gasteiger partial charge in [-0.1, -0.05) is 29.8 Å². The van der Waals surface area contributed by atoms with Gasteiger partial charge in [0, 0.05) is 6.04 Å². The molecule has 1 unspecified atom stereocenters. The van der Waals surface area contributed by atoms with Crippen LogP contribution in [0.25, 0.3) is 0 Å². The van der Waals surface area contributed by atoms with Crippen molar-refractivity contribution >= 4 is 27.0 Å². The Morgan fingerprint density at radius 3 is 1.95 bits per heavy atom. The molecule has 0 heterocycles. The van der Waals surface area contributed by atoms with E-state index in [4.69, 9.17) is 0 Å². The maximum Gasteiger partial charge on any atom is 0.0967 e. The predicted octanol–water partition coefficient (Wildman–Crippen LogP) is 1.96. The van der Waals surface area contributed by atoms with Crippen LogP contribution in [-0.2, 0) is 0 Å². The summed E-state index contributed by atoms with van der Waals surface area (Å²) in [6.45, 7) is 5.96. The van der Waals surface area contributed by atoms with Crippen molar-refractivity contribution in [3.8, 4) is 0 Å². The van der Waals surface area contributed by atoms with E-state index in [0.29, 0.717) is 6.04 Å². The Balaban J connectivity index is 0. The predicted molar refractivity (Wildman–Crippen MR) is 90.7 cm³/mol. The first-order valence-corrected chi connectivity index (χ1v) is 6.04. The van der Waals surface area contributed by atoms with Gasteiger partial charge in [0.25, 0.3) is 0 Å². The van der Waals surface area contributed by atoms with Gasteiger partial charge in [0.05, 0.1) is 18.8 Å². The third kappa shape index (κ3) is 5.75. The minimum atomic E-state index is -0.759. The lowest BCUT2D eigenvalue weighted by Gasteiger charge is -2.34. The third-order valence-electron chi connectivity index (χ3n) is 3.22. The first kappa shape index (κ1) is 21.1. The van der Waals surface area contributed by atoms with Gasteiger partial charge in [0.15, 0.2) is 0 Å². The lowest BCUT2D eigenvalue weighted by atomic mass is 9.98. The van der Waals surface area contributed by atoms with Crippen LogP contribution in [0, 0.1) is 6.92 Å². The highest BCUT2D eigenvalue weighted by Crippen LogP contribution is 2.25. The summed E-state index contributed by atoms with van der Waals surface area (Å²) in [5.41, 5.74) is 2.23. The van der Waals surface area contributed by atoms with Crippen molar-refractivity contribution in [3.63, 3.8) is 0 Å². The zero-order valence-electron chi connectivity index (χ0n) is 12.1. The molecule has 0 bridgehead atoms. The molecule has 0 aliphatic heterocycles. The molecule has 0 spiro atoms. The van der Waals surface area contributed by atoms with Crippen LogP contribution in [0.15, 0.2) is 24.3 Å². The van der Waals surface area contributed by atoms with E-state index >= 15 is 0 Å². The number of benzene rings is 1. The molecule has 2 N–H and O–H groups in total. The minimum Gasteiger partial charge on any atom is -0.394 e. The Bertz CT molecular complexity index is 344. The zero-order chi connectivity index (χ0) is 13.0. The normalized spacial score (nSPS) is 13.7. The molecule has 0 aliphatic rings. The standard InChI is InChI=1S/C14H23NO2.2H2S/c1-10(2)15(4)14(13(17)9-16)12-7-5-11(3)6-8-12;;/h5-8,10,13-14,16-17H,9H2,1-4H3;2*1H2/t13-,14?;;/m1../s1. The second-order valence-corrected chi connectivity index (χ2v) is 4.86. The number of hydrogen-bond donors (Lipinski definition) is 2. The second kappa shape index (κ2) is 9.66. The molecule has 5 heteroatoms. The number of aliphatic hydroxyl groups excluding tert-OH is 2. The highest BCUT2D eigenvalue weighted by molar-refractivity contribution is 7.59. The summed E-state index contributed by atoms with van der Waals surface area (Å²) < 4.78 is 0. The van der Waals surface area contributed by atoms with Gasteiger partial charge in [-0.15, -0.1) is 0 Å². The molecule has 0 saturated heterocycles. The maximum absolute atomic E-state index is 9.97. The van der Waals surface area contributed by atoms with Crippen molar-refractivity contribution in [2.75, 3.05) is 13.7 Å². The molecule has 0 saturated carbocycles. The van der Waals surface area contributed by atoms with Crippen molar-refractivity contribution in [3.05, 3.63) is 35.4 Å². The van der Waals surface area contributed by atoms with E-state index in [1.807, 2.05) is 38.2 Å². The first-order chi connectivity index (χ1) is 7.97. The quantitative estimate of drug-likeness (QED) is 0.874. The third-order valence-corrected chi connectivity index (χ3v) is 3.22. The fourth-order valence-electron chi connectivity index (χ4n) is 1.91. The van der Waals surface area contributed by atoms with Gasteiger partial charge in [-0.3, -0.25) is 4.90 Å². The minimum absolute atomic E-state index is 0. The molecular weight excluding hydrogens is 278 g/mol. The summed E-state index contributed by atoms with van der Waals surface area (Å²) >= 11 is 0. The van der Waals surface area contributed by atoms with Crippen LogP contribution in [0.1, 0.15) is 31.0 Å². The molecule has 2 atom stereocenters. The van der Waals surface area contributed by atoms with Gasteiger partial charge in [0.1, 0.15) is 0 Å². The van der Waals surface area contributed by atoms with Crippen LogP contribution in [0.5, 0.6) is 0 Å². The molecule has 3 nitrogen and oxygen atoms in total. The molecule has 0 amide bonds. The van der Waals surface area contributed by atoms with Gasteiger partial charge < -0.3 is 10.2 Å². The van der Waals surface area contributed by atoms with Gasteiger partial charge >= 0.3 is 0 Å². The lowest BCUT2D eigenvalue weighted by Crippen LogP contribution is -2.39. The summed E-state index contributed by atoms with van der Waals surface area (Å²) in [7, 11) is 1.97. The molecule has 19 heavy (non-hydrogen) atoms. The molecule has 0 aliphatic carbocycles. The van der Waals surface area contributed by atoms with Crippen LogP contribution in [0.3, 0.4) is 0 Å². The zero-order valence-corrected chi connectivity index (χ0v) is 14.1. The van der Waals surface area contributed by atoms with Crippen LogP contribution >= 0.6 is 27.0 Å². The molecular formula is C14H27NO2S2. The van der Waals surface area contributed by atoms with Gasteiger partial charge in [0.2, 0.25) is 0 Å². The summed E-state index contributed by atoms with van der Waals surface area (Å²) in [4.78, 5) is 2.07. The smallest absolute Gasteiger partial charge is 0.0967 e. The number of aliphatic hydroxyl groups is 2. The summed E-state index contributed by atoms with van der Waals surface area (Å²) in [5, 5.41) is 19.1. The Labute approximate surface area is 130 Å². The number of nitrogens with zero attached hydrogens (tertiary/aromatic N) is 1. The summed E-state index contributed by atoms with van der Waals surface area (Å²) in [5.74, 6) is 0. The van der Waals surface area contributed by atoms with E-state index in [1.165, 1.54) is 5.56 Å². The largest absolute Gasteiger partial charge is 0.394 e. The van der Waals surface area contributed by atoms with Crippen molar-refractivity contribution in [2.45, 2.75) is 39.0 Å². The topological polar surface area (TPSA) is 43.7 Å². The van der Waals surface area contributed by atoms with E-state index in [1.54, 1.807) is 0 Å². The van der Waals surface area contributed by atoms with Crippen LogP contribution < -0.4 is 0 Å². The molecule has 1 aromatic rings. The Morgan fingerprint density at radius 2 is 1.58 bits per heavy atom. The average molecular weight is 306 g/mol. The van der Waals surface area contributed by atoms with E-state index in [2.05, 4.69) is 18.7 Å². The highest BCUT2D eigenvalue weighted by Gasteiger charge is 2.26. The highest BCUT2D eigenvalue weighted by atomic mass is 32.1. The number of likely N-dealkylation sites (N-methyl/N-ethyl adjacent to an activating group) is 1. The van der Waals surface area contributed by atoms with Crippen molar-refractivity contribution in [1.29, 1.82) is 0 Å². The molecule has 0 radical (unpaired) electrons. The van der Waals surface area contributed by atoms with Crippen LogP contribution in [-0.4, -0.2) is 40.9 Å². The molecule has 0 aromatic heterocycles. The molecule has 1 aromatic carbocycles. The summed E-state index contributed by atoms with van der Waals surface area (Å²) in [6, 6.07) is 8.22. The van der Waals surface area contributed by atoms with Gasteiger partial charge in [-0.25, -0.2) is 0 Å². The second-order valence-electron chi connectivity index (χ2n) is 4.86.